The van der Waals surface area contributed by atoms with E-state index in [1.165, 1.54) is 62.5 Å². The number of ketones is 3. The van der Waals surface area contributed by atoms with Gasteiger partial charge in [0.1, 0.15) is 69.5 Å². The Morgan fingerprint density at radius 2 is 1.14 bits per heavy atom. The molecule has 3 aliphatic rings. The minimum absolute atomic E-state index is 0.0340. The third kappa shape index (κ3) is 25.3. The first kappa shape index (κ1) is 92.0. The molecule has 0 bridgehead atoms. The maximum Gasteiger partial charge on any atom is 0.326 e. The van der Waals surface area contributed by atoms with Crippen LogP contribution < -0.4 is 37.6 Å². The monoisotopic (exact) mass is 1700 g/mol. The predicted molar refractivity (Wildman–Crippen MR) is 433 cm³/mol. The fourth-order valence-electron chi connectivity index (χ4n) is 14.5. The molecule has 2 heterocycles. The van der Waals surface area contributed by atoms with Crippen molar-refractivity contribution in [2.24, 2.45) is 17.6 Å². The van der Waals surface area contributed by atoms with Crippen LogP contribution >= 0.6 is 46.4 Å². The number of carboxylic acids is 1. The van der Waals surface area contributed by atoms with Crippen molar-refractivity contribution in [1.82, 2.24) is 46.6 Å². The molecule has 5 aromatic rings. The molecule has 0 radical (unpaired) electrons. The Labute approximate surface area is 692 Å². The van der Waals surface area contributed by atoms with E-state index in [2.05, 4.69) is 31.9 Å². The van der Waals surface area contributed by atoms with E-state index in [9.17, 15) is 57.6 Å². The highest BCUT2D eigenvalue weighted by atomic mass is 35.5. The summed E-state index contributed by atoms with van der Waals surface area (Å²) in [5, 5.41) is 60.7. The van der Waals surface area contributed by atoms with Crippen LogP contribution in [0.5, 0.6) is 0 Å². The summed E-state index contributed by atoms with van der Waals surface area (Å²) >= 11 is 25.7. The third-order valence-corrected chi connectivity index (χ3v) is 23.2. The topological polar surface area (TPSA) is 445 Å². The molecule has 0 saturated carbocycles. The first-order chi connectivity index (χ1) is 54.7. The first-order valence-corrected chi connectivity index (χ1v) is 41.5. The summed E-state index contributed by atoms with van der Waals surface area (Å²) in [5.41, 5.74) is 8.11. The van der Waals surface area contributed by atoms with Crippen molar-refractivity contribution in [2.45, 2.75) is 183 Å². The third-order valence-electron chi connectivity index (χ3n) is 21.3. The summed E-state index contributed by atoms with van der Waals surface area (Å²) in [5.74, 6) is -17.3. The van der Waals surface area contributed by atoms with Crippen molar-refractivity contribution < 1.29 is 91.2 Å². The fourth-order valence-corrected chi connectivity index (χ4v) is 15.9. The first-order valence-electron chi connectivity index (χ1n) is 37.9. The second-order valence-electron chi connectivity index (χ2n) is 30.0. The second-order valence-corrected chi connectivity index (χ2v) is 34.0. The van der Waals surface area contributed by atoms with Gasteiger partial charge in [-0.25, -0.2) is 13.2 Å². The summed E-state index contributed by atoms with van der Waals surface area (Å²) in [6.07, 6.45) is -6.22. The van der Waals surface area contributed by atoms with E-state index in [1.54, 1.807) is 66.7 Å². The van der Waals surface area contributed by atoms with Gasteiger partial charge in [0.05, 0.1) is 30.6 Å². The van der Waals surface area contributed by atoms with Gasteiger partial charge in [-0.2, -0.15) is 0 Å². The number of carboxylic acid groups (broad SMARTS) is 1. The largest absolute Gasteiger partial charge is 0.480 e. The van der Waals surface area contributed by atoms with Gasteiger partial charge in [-0.1, -0.05) is 125 Å². The number of fused-ring (bicyclic) bond motifs is 1. The SMILES string of the molecule is C[C@@H]1NC(=O)C[C@@H](C(=O)N2CCC[C@H]2C(=O)O)CCC(=O)[C@H](Cc2cccc(Cl)c2)CC(=O)[C@](N)([C@@H](C)O)CC(=O)[C@H](Cc2ccc(Cl)cc2)N(C)C(=O)[C@H](Cc2cccc(Cl)c2)NC(=O)[C@H](CC2=CCc3ccccc32)NC(=O)[C@H]([C@@H](C)O)NC(=O)[C@H](CO)N(C)C(=O)[C@H](Cc2cccc(Cl)c2)NC(=O)[C@H](CCS(C)(=O)=O)NC1=O. The van der Waals surface area contributed by atoms with Gasteiger partial charge in [0.15, 0.2) is 11.6 Å². The maximum absolute atomic E-state index is 15.8. The molecule has 8 rings (SSSR count). The Balaban J connectivity index is 1.25. The molecule has 116 heavy (non-hydrogen) atoms. The van der Waals surface area contributed by atoms with Crippen molar-refractivity contribution in [3.8, 4) is 0 Å². The molecule has 624 valence electrons. The summed E-state index contributed by atoms with van der Waals surface area (Å²) in [6.45, 7) is 2.21. The number of aliphatic hydroxyl groups excluding tert-OH is 3. The number of likely N-dealkylation sites (N-methyl/N-ethyl adjacent to an activating group) is 2. The molecule has 0 unspecified atom stereocenters. The van der Waals surface area contributed by atoms with E-state index in [4.69, 9.17) is 52.1 Å². The standard InChI is InChI=1S/C82H98Cl4N10O19S/c1-45-73(104)89-61(30-32-116(6,114)115)74(105)91-64(38-51-15-11-19-59(86)36-51)80(111)95(5)67(44-97)76(107)93-72(46(2)98)77(108)90-62(40-53-25-24-52-16-7-8-20-60(52)53)75(106)92-63(37-50-14-10-18-58(85)35-50)79(110)94(4)66(39-48-22-27-56(83)28-23-48)69(101)43-82(87,47(3)99)70(102)41-55(33-49-13-9-17-57(84)34-49)68(100)29-26-54(42-71(103)88-45)78(109)96-31-12-21-65(96)81(112)113/h7-11,13-20,22-23,25,27-28,34-36,45-47,54-55,61-67,72,97-99H,12,21,24,26,29-33,37-44,87H2,1-6H3,(H,88,103)(H,89,104)(H,90,108)(H,91,105)(H,92,106)(H,93,107)(H,112,113)/t45-,46+,47+,54-,55+,61-,62-,63-,64-,65-,66-,67-,72-,82+/m0/s1. The number of hydrogen-bond acceptors (Lipinski definition) is 19. The lowest BCUT2D eigenvalue weighted by molar-refractivity contribution is -0.150. The smallest absolute Gasteiger partial charge is 0.326 e. The Bertz CT molecular complexity index is 4650. The van der Waals surface area contributed by atoms with Crippen LogP contribution in [-0.2, 0) is 104 Å². The van der Waals surface area contributed by atoms with E-state index in [0.717, 1.165) is 47.4 Å². The Morgan fingerprint density at radius 1 is 0.595 bits per heavy atom. The van der Waals surface area contributed by atoms with Crippen molar-refractivity contribution in [3.63, 3.8) is 0 Å². The minimum atomic E-state index is -3.94. The van der Waals surface area contributed by atoms with Gasteiger partial charge in [0.25, 0.3) is 0 Å². The average Bonchev–Trinajstić information content (AvgIpc) is 0.803. The van der Waals surface area contributed by atoms with Gasteiger partial charge in [-0.3, -0.25) is 57.5 Å². The number of aliphatic carboxylic acids is 1. The molecule has 9 amide bonds. The average molecular weight is 1700 g/mol. The van der Waals surface area contributed by atoms with Gasteiger partial charge in [0.2, 0.25) is 53.2 Å². The molecule has 0 spiro atoms. The van der Waals surface area contributed by atoms with E-state index < -0.39 is 228 Å². The Morgan fingerprint density at radius 3 is 1.68 bits per heavy atom. The second kappa shape index (κ2) is 41.6. The van der Waals surface area contributed by atoms with Crippen LogP contribution in [0.3, 0.4) is 0 Å². The quantitative estimate of drug-likeness (QED) is 0.0589. The summed E-state index contributed by atoms with van der Waals surface area (Å²) < 4.78 is 25.6. The van der Waals surface area contributed by atoms with Gasteiger partial charge in [-0.15, -0.1) is 0 Å². The van der Waals surface area contributed by atoms with Gasteiger partial charge in [0, 0.05) is 104 Å². The molecule has 29 nitrogen and oxygen atoms in total. The number of rotatable bonds is 18. The molecule has 2 fully saturated rings. The van der Waals surface area contributed by atoms with Crippen molar-refractivity contribution in [1.29, 1.82) is 0 Å². The molecular weight excluding hydrogens is 1600 g/mol. The number of carbonyl (C=O) groups excluding carboxylic acids is 12. The van der Waals surface area contributed by atoms with Crippen LogP contribution in [0.25, 0.3) is 5.57 Å². The molecule has 2 saturated heterocycles. The summed E-state index contributed by atoms with van der Waals surface area (Å²) in [6, 6.07) is 16.5. The van der Waals surface area contributed by atoms with E-state index in [-0.39, 0.29) is 60.1 Å². The van der Waals surface area contributed by atoms with Gasteiger partial charge < -0.3 is 72.8 Å². The lowest BCUT2D eigenvalue weighted by Crippen LogP contribution is -2.63. The lowest BCUT2D eigenvalue weighted by Gasteiger charge is -2.36. The number of nitrogens with zero attached hydrogens (tertiary/aromatic N) is 3. The number of aliphatic hydroxyl groups is 3. The summed E-state index contributed by atoms with van der Waals surface area (Å²) in [4.78, 5) is 196. The van der Waals surface area contributed by atoms with E-state index in [0.29, 0.717) is 44.8 Å². The van der Waals surface area contributed by atoms with E-state index >= 15 is 33.6 Å². The van der Waals surface area contributed by atoms with Crippen LogP contribution in [0.15, 0.2) is 127 Å². The molecule has 5 aromatic carbocycles. The molecule has 1 aliphatic carbocycles. The molecule has 12 N–H and O–H groups in total. The number of benzene rings is 5. The Hall–Kier alpha value is -9.50. The molecule has 2 aliphatic heterocycles. The van der Waals surface area contributed by atoms with Crippen LogP contribution in [0.1, 0.15) is 112 Å². The Kier molecular flexibility index (Phi) is 33.0. The van der Waals surface area contributed by atoms with Crippen LogP contribution in [0.4, 0.5) is 0 Å². The maximum atomic E-state index is 15.8. The number of Topliss-reactive ketones (excluding diaryl/α,β-unsaturated/α-hetero) is 3. The van der Waals surface area contributed by atoms with Gasteiger partial charge >= 0.3 is 5.97 Å². The molecule has 0 aromatic heterocycles. The van der Waals surface area contributed by atoms with E-state index in [1.807, 2.05) is 12.1 Å². The van der Waals surface area contributed by atoms with Crippen molar-refractivity contribution >= 4 is 138 Å². The number of allylic oxidation sites excluding steroid dienone is 1. The van der Waals surface area contributed by atoms with Crippen molar-refractivity contribution in [2.75, 3.05) is 39.3 Å². The highest BCUT2D eigenvalue weighted by Gasteiger charge is 2.47. The normalized spacial score (nSPS) is 25.4. The number of carbonyl (C=O) groups is 13. The number of hydrogen-bond donors (Lipinski definition) is 11. The molecular formula is C82H98Cl4N10O19S. The van der Waals surface area contributed by atoms with Gasteiger partial charge in [-0.05, 0) is 153 Å². The highest BCUT2D eigenvalue weighted by molar-refractivity contribution is 7.90. The molecule has 14 atom stereocenters. The minimum Gasteiger partial charge on any atom is -0.480 e. The fraction of sp³-hybridized carbons (Fsp3) is 0.451. The number of nitrogens with one attached hydrogen (secondary N) is 6. The number of nitrogens with two attached hydrogens (primary N) is 1. The molecule has 34 heteroatoms. The zero-order valence-corrected chi connectivity index (χ0v) is 68.7. The number of likely N-dealkylation sites (tertiary alicyclic amines) is 1. The number of halogens is 4. The predicted octanol–water partition coefficient (Wildman–Crippen LogP) is 4.05. The number of amides is 9. The van der Waals surface area contributed by atoms with Crippen LogP contribution in [0, 0.1) is 11.8 Å². The zero-order valence-electron chi connectivity index (χ0n) is 64.9. The summed E-state index contributed by atoms with van der Waals surface area (Å²) in [7, 11) is -1.61. The lowest BCUT2D eigenvalue weighted by atomic mass is 9.76. The number of sulfone groups is 1. The van der Waals surface area contributed by atoms with Crippen LogP contribution in [-0.4, -0.2) is 231 Å². The zero-order chi connectivity index (χ0) is 85.2. The van der Waals surface area contributed by atoms with Crippen molar-refractivity contribution in [3.05, 3.63) is 181 Å². The van der Waals surface area contributed by atoms with Crippen LogP contribution in [0.2, 0.25) is 20.1 Å². The highest BCUT2D eigenvalue weighted by Crippen LogP contribution is 2.33.